The van der Waals surface area contributed by atoms with E-state index in [1.54, 1.807) is 14.0 Å². The number of hydrogen-bond donors (Lipinski definition) is 0. The Morgan fingerprint density at radius 1 is 1.13 bits per heavy atom. The van der Waals surface area contributed by atoms with Crippen LogP contribution in [0.3, 0.4) is 0 Å². The molecule has 0 N–H and O–H groups in total. The number of hydrogen-bond acceptors (Lipinski definition) is 5. The van der Waals surface area contributed by atoms with Crippen molar-refractivity contribution in [3.05, 3.63) is 42.0 Å². The van der Waals surface area contributed by atoms with Crippen molar-refractivity contribution < 1.29 is 23.4 Å². The Kier molecular flexibility index (Phi) is 11.4. The van der Waals surface area contributed by atoms with Gasteiger partial charge in [0.2, 0.25) is 0 Å². The number of allylic oxidation sites excluding steroid dienone is 1. The second kappa shape index (κ2) is 12.9. The van der Waals surface area contributed by atoms with E-state index in [-0.39, 0.29) is 17.1 Å². The van der Waals surface area contributed by atoms with Crippen LogP contribution in [0.15, 0.2) is 36.4 Å². The second-order valence-electron chi connectivity index (χ2n) is 8.92. The first-order valence-corrected chi connectivity index (χ1v) is 13.7. The summed E-state index contributed by atoms with van der Waals surface area (Å²) in [6.45, 7) is 14.7. The second-order valence-corrected chi connectivity index (χ2v) is 13.7. The van der Waals surface area contributed by atoms with E-state index in [9.17, 15) is 4.79 Å². The molecule has 0 aliphatic carbocycles. The molecule has 30 heavy (non-hydrogen) atoms. The molecule has 1 atom stereocenters. The van der Waals surface area contributed by atoms with Gasteiger partial charge in [0.1, 0.15) is 5.75 Å². The molecule has 6 heteroatoms. The minimum absolute atomic E-state index is 0.105. The first kappa shape index (κ1) is 26.4. The third kappa shape index (κ3) is 9.91. The molecule has 1 aromatic rings. The van der Waals surface area contributed by atoms with Crippen LogP contribution in [0.1, 0.15) is 52.5 Å². The number of ether oxygens (including phenoxy) is 3. The summed E-state index contributed by atoms with van der Waals surface area (Å²) in [6, 6.07) is 7.92. The Morgan fingerprint density at radius 2 is 1.80 bits per heavy atom. The van der Waals surface area contributed by atoms with E-state index in [2.05, 4.69) is 33.9 Å². The minimum Gasteiger partial charge on any atom is -0.497 e. The van der Waals surface area contributed by atoms with Crippen molar-refractivity contribution >= 4 is 14.3 Å². The lowest BCUT2D eigenvalue weighted by molar-refractivity contribution is -0.137. The van der Waals surface area contributed by atoms with E-state index in [0.29, 0.717) is 19.8 Å². The molecule has 0 heterocycles. The molecule has 0 radical (unpaired) electrons. The average molecular weight is 437 g/mol. The van der Waals surface area contributed by atoms with Crippen LogP contribution in [0, 0.1) is 0 Å². The maximum absolute atomic E-state index is 11.5. The normalized spacial score (nSPS) is 13.4. The van der Waals surface area contributed by atoms with Gasteiger partial charge in [0.25, 0.3) is 0 Å². The van der Waals surface area contributed by atoms with E-state index in [0.717, 1.165) is 30.6 Å². The molecule has 0 aliphatic heterocycles. The molecule has 0 saturated heterocycles. The van der Waals surface area contributed by atoms with Crippen molar-refractivity contribution in [2.24, 2.45) is 0 Å². The number of methoxy groups -OCH3 is 1. The van der Waals surface area contributed by atoms with E-state index >= 15 is 0 Å². The van der Waals surface area contributed by atoms with Gasteiger partial charge in [-0.2, -0.15) is 0 Å². The summed E-state index contributed by atoms with van der Waals surface area (Å²) in [7, 11) is -0.220. The van der Waals surface area contributed by atoms with Crippen molar-refractivity contribution in [1.82, 2.24) is 0 Å². The molecule has 1 aromatic carbocycles. The zero-order valence-corrected chi connectivity index (χ0v) is 20.8. The number of carbonyl (C=O) groups is 1. The molecule has 5 nitrogen and oxygen atoms in total. The van der Waals surface area contributed by atoms with Gasteiger partial charge in [0.15, 0.2) is 8.32 Å². The zero-order chi connectivity index (χ0) is 22.6. The number of rotatable bonds is 13. The molecule has 0 aliphatic rings. The Bertz CT molecular complexity index is 647. The summed E-state index contributed by atoms with van der Waals surface area (Å²) in [4.78, 5) is 11.5. The van der Waals surface area contributed by atoms with Gasteiger partial charge in [0, 0.05) is 18.8 Å². The highest BCUT2D eigenvalue weighted by Crippen LogP contribution is 2.38. The van der Waals surface area contributed by atoms with E-state index < -0.39 is 8.32 Å². The third-order valence-corrected chi connectivity index (χ3v) is 10.0. The van der Waals surface area contributed by atoms with E-state index in [4.69, 9.17) is 18.6 Å². The fourth-order valence-electron chi connectivity index (χ4n) is 2.63. The summed E-state index contributed by atoms with van der Waals surface area (Å²) in [6.07, 6.45) is 5.94. The number of benzene rings is 1. The summed E-state index contributed by atoms with van der Waals surface area (Å²) in [5, 5.41) is 0.149. The average Bonchev–Trinajstić information content (AvgIpc) is 2.68. The number of carbonyl (C=O) groups excluding carboxylic acids is 1. The fourth-order valence-corrected chi connectivity index (χ4v) is 4.06. The maximum Gasteiger partial charge on any atom is 0.330 e. The van der Waals surface area contributed by atoms with Gasteiger partial charge in [-0.3, -0.25) is 0 Å². The predicted octanol–water partition coefficient (Wildman–Crippen LogP) is 5.89. The van der Waals surface area contributed by atoms with Gasteiger partial charge in [-0.05, 0) is 62.0 Å². The van der Waals surface area contributed by atoms with Crippen LogP contribution in [0.2, 0.25) is 18.1 Å². The van der Waals surface area contributed by atoms with Crippen molar-refractivity contribution in [3.63, 3.8) is 0 Å². The van der Waals surface area contributed by atoms with Crippen LogP contribution in [0.4, 0.5) is 0 Å². The van der Waals surface area contributed by atoms with Crippen LogP contribution in [-0.4, -0.2) is 40.7 Å². The van der Waals surface area contributed by atoms with Gasteiger partial charge < -0.3 is 18.6 Å². The van der Waals surface area contributed by atoms with Crippen LogP contribution in [-0.2, 0) is 25.3 Å². The first-order valence-electron chi connectivity index (χ1n) is 10.8. The van der Waals surface area contributed by atoms with Gasteiger partial charge in [0.05, 0.1) is 20.3 Å². The molecule has 0 unspecified atom stereocenters. The fraction of sp³-hybridized carbons (Fsp3) is 0.625. The molecule has 0 bridgehead atoms. The van der Waals surface area contributed by atoms with E-state index in [1.807, 2.05) is 30.3 Å². The van der Waals surface area contributed by atoms with E-state index in [1.165, 1.54) is 6.08 Å². The Morgan fingerprint density at radius 3 is 2.37 bits per heavy atom. The zero-order valence-electron chi connectivity index (χ0n) is 19.8. The number of esters is 1. The van der Waals surface area contributed by atoms with Crippen molar-refractivity contribution in [2.45, 2.75) is 77.8 Å². The first-order chi connectivity index (χ1) is 14.1. The van der Waals surface area contributed by atoms with Crippen LogP contribution >= 0.6 is 0 Å². The monoisotopic (exact) mass is 436 g/mol. The highest BCUT2D eigenvalue weighted by molar-refractivity contribution is 6.74. The minimum atomic E-state index is -1.88. The van der Waals surface area contributed by atoms with Crippen molar-refractivity contribution in [1.29, 1.82) is 0 Å². The lowest BCUT2D eigenvalue weighted by atomic mass is 10.1. The lowest BCUT2D eigenvalue weighted by Gasteiger charge is -2.39. The summed E-state index contributed by atoms with van der Waals surface area (Å²) in [5.41, 5.74) is 1.12. The van der Waals surface area contributed by atoms with Crippen LogP contribution < -0.4 is 4.74 Å². The highest BCUT2D eigenvalue weighted by atomic mass is 28.4. The van der Waals surface area contributed by atoms with Gasteiger partial charge in [-0.15, -0.1) is 0 Å². The predicted molar refractivity (Wildman–Crippen MR) is 124 cm³/mol. The standard InChI is InChI=1S/C24H40O5Si/c1-8-28-23(25)12-10-9-11-22(29-30(6,7)24(2,3)4)17-18-27-19-20-13-15-21(26-5)16-14-20/h10,12-16,22H,8-9,11,17-19H2,1-7H3/b12-10+/t22-/m0/s1. The SMILES string of the molecule is CCOC(=O)/C=C/CC[C@@H](CCOCc1ccc(OC)cc1)O[Si](C)(C)C(C)(C)C. The molecule has 0 aromatic heterocycles. The highest BCUT2D eigenvalue weighted by Gasteiger charge is 2.38. The summed E-state index contributed by atoms with van der Waals surface area (Å²) >= 11 is 0. The smallest absolute Gasteiger partial charge is 0.330 e. The summed E-state index contributed by atoms with van der Waals surface area (Å²) < 4.78 is 22.7. The maximum atomic E-state index is 11.5. The van der Waals surface area contributed by atoms with Gasteiger partial charge >= 0.3 is 5.97 Å². The Labute approximate surface area is 183 Å². The van der Waals surface area contributed by atoms with Crippen LogP contribution in [0.5, 0.6) is 5.75 Å². The Balaban J connectivity index is 2.57. The third-order valence-electron chi connectivity index (χ3n) is 5.48. The van der Waals surface area contributed by atoms with Crippen molar-refractivity contribution in [2.75, 3.05) is 20.3 Å². The molecule has 170 valence electrons. The Hall–Kier alpha value is -1.63. The molecule has 0 saturated carbocycles. The lowest BCUT2D eigenvalue weighted by Crippen LogP contribution is -2.44. The molecule has 1 rings (SSSR count). The quantitative estimate of drug-likeness (QED) is 0.167. The molecule has 0 fully saturated rings. The van der Waals surface area contributed by atoms with Crippen molar-refractivity contribution in [3.8, 4) is 5.75 Å². The molecular formula is C24H40O5Si. The summed E-state index contributed by atoms with van der Waals surface area (Å²) in [5.74, 6) is 0.555. The molecule has 0 spiro atoms. The van der Waals surface area contributed by atoms with Gasteiger partial charge in [-0.25, -0.2) is 4.79 Å². The largest absolute Gasteiger partial charge is 0.497 e. The molecule has 0 amide bonds. The van der Waals surface area contributed by atoms with Gasteiger partial charge in [-0.1, -0.05) is 39.0 Å². The topological polar surface area (TPSA) is 54.0 Å². The molecular weight excluding hydrogens is 396 g/mol. The van der Waals surface area contributed by atoms with Crippen LogP contribution in [0.25, 0.3) is 0 Å².